The highest BCUT2D eigenvalue weighted by atomic mass is 19.4. The summed E-state index contributed by atoms with van der Waals surface area (Å²) in [5.74, 6) is 0.877. The van der Waals surface area contributed by atoms with E-state index in [1.807, 2.05) is 76.2 Å². The van der Waals surface area contributed by atoms with Crippen molar-refractivity contribution in [3.05, 3.63) is 435 Å². The number of hydrogen-bond donors (Lipinski definition) is 10. The zero-order valence-electron chi connectivity index (χ0n) is 82.9. The molecule has 710 valence electrons. The van der Waals surface area contributed by atoms with E-state index in [4.69, 9.17) is 34.4 Å². The molecule has 0 saturated carbocycles. The number of anilines is 6. The smallest absolute Gasteiger partial charge is 0.402 e. The van der Waals surface area contributed by atoms with Gasteiger partial charge in [-0.1, -0.05) is 253 Å². The lowest BCUT2D eigenvalue weighted by molar-refractivity contribution is -0.173. The minimum Gasteiger partial charge on any atom is -0.508 e. The SMILES string of the molecule is C.Cc1c(C)c(C)c(N)c(C)c1C.Cc1cc(-c2cc(C)c(N)c3ccccc23)c2ccccc2c1C.Cc1cc2c(cc1O)C1(CC2(C)C)CC(C)(C)c2cc(N)c(O)cc21.Cc1cc2c(cc1O)C1(c3ccccc3-c3cc(O)c(N)cc31)c1ccccc1-2.Cc1ccc(C(C)(c2ccc(N)c(C)c2)C(F)(F)F)cc1C.Cc1ccc2c(c1)C1(c3ccccc3-2)c2ccccc2-c2ccc(N)cc21. The van der Waals surface area contributed by atoms with E-state index in [2.05, 4.69) is 278 Å². The van der Waals surface area contributed by atoms with Crippen LogP contribution in [0.2, 0.25) is 0 Å². The summed E-state index contributed by atoms with van der Waals surface area (Å²) in [6.07, 6.45) is -2.48. The Morgan fingerprint density at radius 3 is 1.14 bits per heavy atom. The Labute approximate surface area is 822 Å². The average molecular weight is 1860 g/mol. The van der Waals surface area contributed by atoms with Crippen LogP contribution in [0, 0.1) is 96.9 Å². The van der Waals surface area contributed by atoms with E-state index in [9.17, 15) is 33.6 Å². The molecule has 6 aliphatic rings. The standard InChI is InChI=1S/C26H19NO2.C26H19N.C23H21N.C22H27NO2.C18H20F3N.C11H17N.CH4/c1-14-10-17-15-6-2-4-8-19(15)26(22(17)13-24(14)28)20-9-5-3-7-16(20)18-11-25(29)23(27)12-21(18)26;1-16-10-12-20-18-6-2-4-8-22(18)26(24(20)14-16)23-9-5-3-7-19(23)21-13-11-17(27)15-25(21)26;1-14-12-21(18-9-5-4-8-17(18)16(14)3)22-13-15(2)23(24)20-11-7-6-10-19(20)22;1-12-6-13-15(8-18(12)24)22(10-20(13,2)3)11-21(4,5)14-7-17(23)19(25)9-16(14)22;1-11-5-6-14(9-12(11)2)17(4,18(19,20)21)15-7-8-16(22)13(3)10-15;1-6-7(2)9(4)11(12)10(5)8(6)3;/h2-13,28-29H,27H2,1H3;2-15H,27H2,1H3;4-13H,24H2,1-3H3;6-9,24-25H,10-11,23H2,1-5H3;5-10H,22H2,1-4H3;12H2,1-5H3;1H4. The quantitative estimate of drug-likeness (QED) is 0.0593. The van der Waals surface area contributed by atoms with Gasteiger partial charge < -0.3 is 54.8 Å². The summed E-state index contributed by atoms with van der Waals surface area (Å²) in [7, 11) is 0. The summed E-state index contributed by atoms with van der Waals surface area (Å²) in [6.45, 7) is 38.8. The summed E-state index contributed by atoms with van der Waals surface area (Å²) in [6, 6.07) is 94.3. The van der Waals surface area contributed by atoms with Gasteiger partial charge in [-0.15, -0.1) is 0 Å². The fourth-order valence-electron chi connectivity index (χ4n) is 23.8. The van der Waals surface area contributed by atoms with Crippen molar-refractivity contribution in [2.24, 2.45) is 0 Å². The predicted octanol–water partition coefficient (Wildman–Crippen LogP) is 30.6. The van der Waals surface area contributed by atoms with E-state index >= 15 is 0 Å². The number of phenolic OH excluding ortho intramolecular Hbond substituents is 4. The highest BCUT2D eigenvalue weighted by Gasteiger charge is 2.59. The molecule has 16 N–H and O–H groups in total. The first-order chi connectivity index (χ1) is 65.8. The molecule has 4 atom stereocenters. The third-order valence-corrected chi connectivity index (χ3v) is 32.0. The predicted molar refractivity (Wildman–Crippen MR) is 579 cm³/mol. The number of aryl methyl sites for hydroxylation is 9. The summed E-state index contributed by atoms with van der Waals surface area (Å²) >= 11 is 0. The molecule has 0 heterocycles. The molecule has 0 fully saturated rings. The third kappa shape index (κ3) is 15.1. The van der Waals surface area contributed by atoms with Gasteiger partial charge in [0.25, 0.3) is 0 Å². The lowest BCUT2D eigenvalue weighted by Crippen LogP contribution is -2.40. The van der Waals surface area contributed by atoms with Crippen molar-refractivity contribution < 1.29 is 33.6 Å². The molecule has 23 rings (SSSR count). The van der Waals surface area contributed by atoms with Crippen molar-refractivity contribution in [3.8, 4) is 78.6 Å². The van der Waals surface area contributed by atoms with Gasteiger partial charge in [0.1, 0.15) is 28.4 Å². The molecule has 0 saturated heterocycles. The molecule has 0 amide bonds. The van der Waals surface area contributed by atoms with E-state index in [1.165, 1.54) is 175 Å². The minimum atomic E-state index is -4.41. The van der Waals surface area contributed by atoms with Crippen LogP contribution in [-0.2, 0) is 32.5 Å². The summed E-state index contributed by atoms with van der Waals surface area (Å²) in [5.41, 5.74) is 80.5. The van der Waals surface area contributed by atoms with Gasteiger partial charge in [0.05, 0.1) is 22.2 Å². The van der Waals surface area contributed by atoms with E-state index in [0.29, 0.717) is 28.4 Å². The van der Waals surface area contributed by atoms with Crippen LogP contribution in [0.15, 0.2) is 279 Å². The normalized spacial score (nSPS) is 16.8. The van der Waals surface area contributed by atoms with Gasteiger partial charge in [-0.3, -0.25) is 0 Å². The second kappa shape index (κ2) is 35.2. The number of nitrogen functional groups attached to an aromatic ring is 6. The van der Waals surface area contributed by atoms with Gasteiger partial charge in [0, 0.05) is 33.6 Å². The zero-order chi connectivity index (χ0) is 99.5. The van der Waals surface area contributed by atoms with Gasteiger partial charge in [-0.25, -0.2) is 0 Å². The molecule has 6 aliphatic carbocycles. The number of halogens is 3. The Bertz CT molecular complexity index is 7440. The van der Waals surface area contributed by atoms with E-state index in [0.717, 1.165) is 96.5 Å². The van der Waals surface area contributed by atoms with Crippen LogP contribution in [0.4, 0.5) is 47.3 Å². The lowest BCUT2D eigenvalue weighted by atomic mass is 9.70. The van der Waals surface area contributed by atoms with Crippen LogP contribution in [-0.4, -0.2) is 26.6 Å². The van der Waals surface area contributed by atoms with Gasteiger partial charge in [-0.2, -0.15) is 13.2 Å². The summed E-state index contributed by atoms with van der Waals surface area (Å²) in [5, 5.41) is 46.7. The van der Waals surface area contributed by atoms with Crippen LogP contribution >= 0.6 is 0 Å². The highest BCUT2D eigenvalue weighted by molar-refractivity contribution is 6.10. The Kier molecular flexibility index (Phi) is 24.3. The monoisotopic (exact) mass is 1860 g/mol. The maximum Gasteiger partial charge on any atom is 0.402 e. The summed E-state index contributed by atoms with van der Waals surface area (Å²) in [4.78, 5) is 0. The Hall–Kier alpha value is -15.0. The Balaban J connectivity index is 0.000000117. The second-order valence-corrected chi connectivity index (χ2v) is 41.2. The average Bonchev–Trinajstić information content (AvgIpc) is 1.51. The first-order valence-electron chi connectivity index (χ1n) is 47.8. The van der Waals surface area contributed by atoms with E-state index in [1.54, 1.807) is 31.2 Å². The number of hydrogen-bond acceptors (Lipinski definition) is 10. The van der Waals surface area contributed by atoms with E-state index < -0.39 is 17.0 Å². The molecule has 4 unspecified atom stereocenters. The fourth-order valence-corrected chi connectivity index (χ4v) is 23.8. The molecular formula is C127H127F3N6O4. The van der Waals surface area contributed by atoms with Crippen molar-refractivity contribution in [1.29, 1.82) is 0 Å². The van der Waals surface area contributed by atoms with Gasteiger partial charge in [0.2, 0.25) is 0 Å². The van der Waals surface area contributed by atoms with Gasteiger partial charge >= 0.3 is 6.18 Å². The molecule has 10 nitrogen and oxygen atoms in total. The van der Waals surface area contributed by atoms with Crippen LogP contribution < -0.4 is 34.4 Å². The molecule has 0 aliphatic heterocycles. The molecule has 17 aromatic rings. The molecule has 0 aromatic heterocycles. The van der Waals surface area contributed by atoms with Crippen molar-refractivity contribution >= 4 is 55.7 Å². The Morgan fingerprint density at radius 1 is 0.257 bits per heavy atom. The molecule has 3 spiro atoms. The molecule has 140 heavy (non-hydrogen) atoms. The number of phenols is 4. The molecule has 0 bridgehead atoms. The van der Waals surface area contributed by atoms with Crippen molar-refractivity contribution in [1.82, 2.24) is 0 Å². The maximum atomic E-state index is 13.9. The van der Waals surface area contributed by atoms with Gasteiger partial charge in [0.15, 0.2) is 0 Å². The lowest BCUT2D eigenvalue weighted by Gasteiger charge is -2.34. The maximum absolute atomic E-state index is 13.9. The first kappa shape index (κ1) is 96.7. The largest absolute Gasteiger partial charge is 0.508 e. The fraction of sp³-hybridized carbons (Fsp3) is 0.228. The third-order valence-electron chi connectivity index (χ3n) is 32.0. The van der Waals surface area contributed by atoms with Crippen LogP contribution in [0.1, 0.15) is 211 Å². The number of aromatic hydroxyl groups is 4. The summed E-state index contributed by atoms with van der Waals surface area (Å²) < 4.78 is 41.7. The van der Waals surface area contributed by atoms with Crippen LogP contribution in [0.25, 0.3) is 77.2 Å². The van der Waals surface area contributed by atoms with E-state index in [-0.39, 0.29) is 57.5 Å². The zero-order valence-corrected chi connectivity index (χ0v) is 82.9. The second-order valence-electron chi connectivity index (χ2n) is 41.2. The molecular weight excluding hydrogens is 1730 g/mol. The molecule has 17 aromatic carbocycles. The van der Waals surface area contributed by atoms with Crippen LogP contribution in [0.5, 0.6) is 23.0 Å². The Morgan fingerprint density at radius 2 is 0.629 bits per heavy atom. The molecule has 13 heteroatoms. The van der Waals surface area contributed by atoms with Crippen molar-refractivity contribution in [2.75, 3.05) is 34.4 Å². The minimum absolute atomic E-state index is 0. The first-order valence-corrected chi connectivity index (χ1v) is 47.8. The number of fused-ring (bicyclic) bond motifs is 26. The molecule has 0 radical (unpaired) electrons. The number of alkyl halides is 3. The van der Waals surface area contributed by atoms with Crippen LogP contribution in [0.3, 0.4) is 0 Å². The van der Waals surface area contributed by atoms with Gasteiger partial charge in [-0.05, 0) is 416 Å². The highest BCUT2D eigenvalue weighted by Crippen LogP contribution is 2.68. The number of benzene rings is 17. The number of rotatable bonds is 3. The van der Waals surface area contributed by atoms with Crippen molar-refractivity contribution in [2.45, 2.75) is 190 Å². The van der Waals surface area contributed by atoms with Crippen molar-refractivity contribution in [3.63, 3.8) is 0 Å². The topological polar surface area (TPSA) is 237 Å². The number of nitrogens with two attached hydrogens (primary N) is 6.